The van der Waals surface area contributed by atoms with Crippen molar-refractivity contribution in [3.63, 3.8) is 0 Å². The molecule has 2 atom stereocenters. The smallest absolute Gasteiger partial charge is 0.0371 e. The molecule has 3 rings (SSSR count). The van der Waals surface area contributed by atoms with Crippen LogP contribution in [0.1, 0.15) is 43.2 Å². The number of rotatable bonds is 2. The van der Waals surface area contributed by atoms with E-state index in [2.05, 4.69) is 46.0 Å². The molecule has 1 aliphatic heterocycles. The molecule has 0 radical (unpaired) electrons. The van der Waals surface area contributed by atoms with Crippen LogP contribution in [0, 0.1) is 12.8 Å². The van der Waals surface area contributed by atoms with Crippen molar-refractivity contribution in [1.82, 2.24) is 0 Å². The van der Waals surface area contributed by atoms with Gasteiger partial charge < -0.3 is 4.90 Å². The molecule has 0 amide bonds. The van der Waals surface area contributed by atoms with Gasteiger partial charge in [-0.15, -0.1) is 0 Å². The zero-order valence-corrected chi connectivity index (χ0v) is 12.7. The Kier molecular flexibility index (Phi) is 3.65. The molecular formula is C16H22BrN. The monoisotopic (exact) mass is 307 g/mol. The minimum Gasteiger partial charge on any atom is -0.368 e. The maximum Gasteiger partial charge on any atom is 0.0371 e. The molecule has 0 N–H and O–H groups in total. The molecule has 1 nitrogen and oxygen atoms in total. The van der Waals surface area contributed by atoms with E-state index in [0.29, 0.717) is 0 Å². The van der Waals surface area contributed by atoms with Crippen LogP contribution in [0.3, 0.4) is 0 Å². The van der Waals surface area contributed by atoms with Gasteiger partial charge in [0.1, 0.15) is 0 Å². The van der Waals surface area contributed by atoms with E-state index in [1.807, 2.05) is 0 Å². The fraction of sp³-hybridized carbons (Fsp3) is 0.625. The summed E-state index contributed by atoms with van der Waals surface area (Å²) in [7, 11) is 0. The fourth-order valence-corrected chi connectivity index (χ4v) is 4.41. The molecule has 1 aromatic rings. The van der Waals surface area contributed by atoms with Gasteiger partial charge in [0.15, 0.2) is 0 Å². The Labute approximate surface area is 119 Å². The summed E-state index contributed by atoms with van der Waals surface area (Å²) >= 11 is 3.56. The summed E-state index contributed by atoms with van der Waals surface area (Å²) in [4.78, 5) is 2.69. The summed E-state index contributed by atoms with van der Waals surface area (Å²) in [5.41, 5.74) is 4.29. The van der Waals surface area contributed by atoms with Crippen LogP contribution in [-0.4, -0.2) is 12.6 Å². The molecule has 1 saturated heterocycles. The van der Waals surface area contributed by atoms with Gasteiger partial charge in [0, 0.05) is 23.6 Å². The number of aryl methyl sites for hydroxylation is 1. The lowest BCUT2D eigenvalue weighted by atomic mass is 9.91. The quantitative estimate of drug-likeness (QED) is 0.718. The summed E-state index contributed by atoms with van der Waals surface area (Å²) in [5.74, 6) is 0.968. The third kappa shape index (κ3) is 2.20. The number of hydrogen-bond donors (Lipinski definition) is 0. The average Bonchev–Trinajstić information content (AvgIpc) is 2.86. The first-order valence-corrected chi connectivity index (χ1v) is 8.34. The molecule has 0 bridgehead atoms. The lowest BCUT2D eigenvalue weighted by molar-refractivity contribution is 0.362. The highest BCUT2D eigenvalue weighted by molar-refractivity contribution is 9.08. The highest BCUT2D eigenvalue weighted by Crippen LogP contribution is 2.39. The van der Waals surface area contributed by atoms with Crippen molar-refractivity contribution >= 4 is 21.6 Å². The predicted octanol–water partition coefficient (Wildman–Crippen LogP) is 4.66. The van der Waals surface area contributed by atoms with Crippen LogP contribution in [-0.2, 0) is 5.33 Å². The Hall–Kier alpha value is -0.500. The van der Waals surface area contributed by atoms with Crippen molar-refractivity contribution in [2.45, 2.75) is 50.4 Å². The second kappa shape index (κ2) is 5.24. The van der Waals surface area contributed by atoms with Crippen LogP contribution in [0.4, 0.5) is 5.69 Å². The first-order valence-electron chi connectivity index (χ1n) is 7.21. The normalized spacial score (nSPS) is 27.3. The molecule has 2 unspecified atom stereocenters. The molecule has 1 aliphatic carbocycles. The minimum atomic E-state index is 0.827. The van der Waals surface area contributed by atoms with Gasteiger partial charge in [-0.05, 0) is 61.8 Å². The second-order valence-corrected chi connectivity index (χ2v) is 6.40. The van der Waals surface area contributed by atoms with Crippen LogP contribution >= 0.6 is 15.9 Å². The van der Waals surface area contributed by atoms with Crippen LogP contribution in [0.15, 0.2) is 18.2 Å². The molecule has 1 heterocycles. The van der Waals surface area contributed by atoms with Gasteiger partial charge in [0.05, 0.1) is 0 Å². The number of anilines is 1. The van der Waals surface area contributed by atoms with Crippen molar-refractivity contribution in [3.05, 3.63) is 29.3 Å². The van der Waals surface area contributed by atoms with E-state index in [1.54, 1.807) is 0 Å². The van der Waals surface area contributed by atoms with Crippen LogP contribution < -0.4 is 4.90 Å². The first kappa shape index (κ1) is 12.5. The first-order chi connectivity index (χ1) is 8.79. The van der Waals surface area contributed by atoms with E-state index in [9.17, 15) is 0 Å². The molecule has 18 heavy (non-hydrogen) atoms. The SMILES string of the molecule is Cc1cc(N2CCCC3CCCC32)ccc1CBr. The lowest BCUT2D eigenvalue weighted by Crippen LogP contribution is -2.42. The number of alkyl halides is 1. The maximum atomic E-state index is 3.56. The van der Waals surface area contributed by atoms with E-state index in [4.69, 9.17) is 0 Å². The van der Waals surface area contributed by atoms with Gasteiger partial charge in [-0.1, -0.05) is 28.4 Å². The van der Waals surface area contributed by atoms with Gasteiger partial charge in [-0.25, -0.2) is 0 Å². The molecule has 0 spiro atoms. The third-order valence-electron chi connectivity index (χ3n) is 4.80. The average molecular weight is 308 g/mol. The van der Waals surface area contributed by atoms with Crippen molar-refractivity contribution in [1.29, 1.82) is 0 Å². The number of piperidine rings is 1. The van der Waals surface area contributed by atoms with E-state index in [0.717, 1.165) is 17.3 Å². The highest BCUT2D eigenvalue weighted by atomic mass is 79.9. The van der Waals surface area contributed by atoms with Gasteiger partial charge in [-0.3, -0.25) is 0 Å². The molecular weight excluding hydrogens is 286 g/mol. The van der Waals surface area contributed by atoms with Crippen LogP contribution in [0.5, 0.6) is 0 Å². The highest BCUT2D eigenvalue weighted by Gasteiger charge is 2.34. The third-order valence-corrected chi connectivity index (χ3v) is 5.40. The molecule has 0 aromatic heterocycles. The summed E-state index contributed by atoms with van der Waals surface area (Å²) in [6.45, 7) is 3.49. The standard InChI is InChI=1S/C16H22BrN/c1-12-10-15(8-7-14(12)11-17)18-9-3-5-13-4-2-6-16(13)18/h7-8,10,13,16H,2-6,9,11H2,1H3. The van der Waals surface area contributed by atoms with Crippen molar-refractivity contribution in [3.8, 4) is 0 Å². The topological polar surface area (TPSA) is 3.24 Å². The molecule has 2 fully saturated rings. The molecule has 98 valence electrons. The Morgan fingerprint density at radius 1 is 1.22 bits per heavy atom. The predicted molar refractivity (Wildman–Crippen MR) is 81.5 cm³/mol. The Bertz CT molecular complexity index is 429. The van der Waals surface area contributed by atoms with E-state index < -0.39 is 0 Å². The van der Waals surface area contributed by atoms with Crippen LogP contribution in [0.2, 0.25) is 0 Å². The summed E-state index contributed by atoms with van der Waals surface area (Å²) in [6, 6.07) is 7.83. The van der Waals surface area contributed by atoms with Gasteiger partial charge in [0.2, 0.25) is 0 Å². The minimum absolute atomic E-state index is 0.827. The largest absolute Gasteiger partial charge is 0.368 e. The molecule has 1 aromatic carbocycles. The van der Waals surface area contributed by atoms with Crippen molar-refractivity contribution in [2.24, 2.45) is 5.92 Å². The second-order valence-electron chi connectivity index (χ2n) is 5.84. The van der Waals surface area contributed by atoms with Crippen molar-refractivity contribution in [2.75, 3.05) is 11.4 Å². The zero-order valence-electron chi connectivity index (χ0n) is 11.2. The number of hydrogen-bond acceptors (Lipinski definition) is 1. The fourth-order valence-electron chi connectivity index (χ4n) is 3.78. The molecule has 2 aliphatic rings. The number of halogens is 1. The van der Waals surface area contributed by atoms with E-state index >= 15 is 0 Å². The van der Waals surface area contributed by atoms with E-state index in [-0.39, 0.29) is 0 Å². The number of nitrogens with zero attached hydrogens (tertiary/aromatic N) is 1. The van der Waals surface area contributed by atoms with Crippen LogP contribution in [0.25, 0.3) is 0 Å². The van der Waals surface area contributed by atoms with Gasteiger partial charge in [-0.2, -0.15) is 0 Å². The number of benzene rings is 1. The van der Waals surface area contributed by atoms with E-state index in [1.165, 1.54) is 55.5 Å². The summed E-state index contributed by atoms with van der Waals surface area (Å²) < 4.78 is 0. The Balaban J connectivity index is 1.87. The summed E-state index contributed by atoms with van der Waals surface area (Å²) in [6.07, 6.45) is 7.13. The lowest BCUT2D eigenvalue weighted by Gasteiger charge is -2.39. The molecule has 2 heteroatoms. The van der Waals surface area contributed by atoms with Gasteiger partial charge >= 0.3 is 0 Å². The Morgan fingerprint density at radius 2 is 2.06 bits per heavy atom. The number of fused-ring (bicyclic) bond motifs is 1. The Morgan fingerprint density at radius 3 is 2.83 bits per heavy atom. The van der Waals surface area contributed by atoms with Crippen molar-refractivity contribution < 1.29 is 0 Å². The van der Waals surface area contributed by atoms with Gasteiger partial charge in [0.25, 0.3) is 0 Å². The molecule has 1 saturated carbocycles. The summed E-state index contributed by atoms with van der Waals surface area (Å²) in [5, 5.41) is 0.963. The maximum absolute atomic E-state index is 3.56. The zero-order chi connectivity index (χ0) is 12.5.